The van der Waals surface area contributed by atoms with E-state index in [0.29, 0.717) is 0 Å². The lowest BCUT2D eigenvalue weighted by atomic mass is 9.61. The summed E-state index contributed by atoms with van der Waals surface area (Å²) < 4.78 is 4.76. The van der Waals surface area contributed by atoms with Gasteiger partial charge in [-0.25, -0.2) is 0 Å². The van der Waals surface area contributed by atoms with Crippen molar-refractivity contribution in [1.82, 2.24) is 9.13 Å². The molecule has 0 saturated heterocycles. The molecule has 4 heteroatoms. The Balaban J connectivity index is 0.000000164. The van der Waals surface area contributed by atoms with Gasteiger partial charge in [0.05, 0.1) is 33.2 Å². The van der Waals surface area contributed by atoms with Gasteiger partial charge in [0.1, 0.15) is 0 Å². The van der Waals surface area contributed by atoms with Crippen LogP contribution < -0.4 is 10.2 Å². The molecule has 2 aliphatic carbocycles. The third kappa shape index (κ3) is 8.48. The van der Waals surface area contributed by atoms with Crippen molar-refractivity contribution in [2.24, 2.45) is 0 Å². The number of para-hydroxylation sites is 4. The highest BCUT2D eigenvalue weighted by Gasteiger charge is 2.50. The van der Waals surface area contributed by atoms with E-state index in [2.05, 4.69) is 365 Å². The third-order valence-electron chi connectivity index (χ3n) is 18.9. The van der Waals surface area contributed by atoms with Gasteiger partial charge >= 0.3 is 0 Å². The summed E-state index contributed by atoms with van der Waals surface area (Å²) in [5.74, 6) is 2.25. The van der Waals surface area contributed by atoms with E-state index in [9.17, 15) is 0 Å². The van der Waals surface area contributed by atoms with Crippen LogP contribution in [0.1, 0.15) is 29.2 Å². The van der Waals surface area contributed by atoms with Crippen LogP contribution in [0.2, 0.25) is 0 Å². The molecule has 92 heavy (non-hydrogen) atoms. The maximum atomic E-state index is 4.60. The summed E-state index contributed by atoms with van der Waals surface area (Å²) in [6.07, 6.45) is 4.60. The van der Waals surface area contributed by atoms with Crippen molar-refractivity contribution in [2.75, 3.05) is 10.2 Å². The van der Waals surface area contributed by atoms with Crippen LogP contribution >= 0.6 is 0 Å². The summed E-state index contributed by atoms with van der Waals surface area (Å²) in [4.78, 5) is 2.50. The van der Waals surface area contributed by atoms with Crippen molar-refractivity contribution < 1.29 is 0 Å². The molecule has 432 valence electrons. The highest BCUT2D eigenvalue weighted by Crippen LogP contribution is 2.62. The van der Waals surface area contributed by atoms with Crippen LogP contribution in [0.4, 0.5) is 28.4 Å². The standard InChI is InChI=1S/C57H36N2.C28H20N2.C3H4/c1-2-19-39(20-3-1)59-54-29-11-8-24-46(54)47-34-32-41(36-55(47)59)58(53-30-14-16-37-15-4-5-21-42(37)53)40-31-33-45-43-22-6-9-26-49(43)57(52(45)35-40)50-27-10-7-23-44(50)48-25-12-17-38-18-13-28-51(57)56(38)48;1-2-11-22(12-3-1)30-27-16-7-6-14-24(27)25-18-17-21(19-28(25)30)29-26-15-8-10-20-9-4-5-13-23(20)26;1-3-2/h1-36H;1-19,29H;1H,2H3. The number of hydrogen-bond acceptors (Lipinski definition) is 2. The molecule has 1 N–H and O–H groups in total. The fraction of sp³-hybridized carbons (Fsp3) is 0.0227. The third-order valence-corrected chi connectivity index (χ3v) is 18.9. The van der Waals surface area contributed by atoms with Gasteiger partial charge in [-0.1, -0.05) is 249 Å². The molecule has 1 unspecified atom stereocenters. The van der Waals surface area contributed by atoms with Crippen LogP contribution in [0.15, 0.2) is 334 Å². The molecule has 0 saturated carbocycles. The van der Waals surface area contributed by atoms with E-state index in [1.165, 1.54) is 126 Å². The Morgan fingerprint density at radius 1 is 0.326 bits per heavy atom. The molecular weight excluding hydrogens is 1110 g/mol. The SMILES string of the molecule is C#CC.c1ccc(-n2c3ccccc3c3ccc(N(c4ccc5c(c4)C4(c6ccccc6-5)c5ccccc5-c5cccc6cccc4c56)c4cccc5ccccc45)cc32)cc1.c1ccc(-n2c3ccccc3c3ccc(Nc4cccc5ccccc45)cc32)cc1. The molecule has 0 bridgehead atoms. The topological polar surface area (TPSA) is 25.1 Å². The first-order valence-electron chi connectivity index (χ1n) is 31.5. The van der Waals surface area contributed by atoms with Gasteiger partial charge in [-0.3, -0.25) is 0 Å². The Bertz CT molecular complexity index is 5770. The lowest BCUT2D eigenvalue weighted by Crippen LogP contribution is -2.32. The average molecular weight is 1170 g/mol. The zero-order chi connectivity index (χ0) is 61.3. The number of rotatable bonds is 7. The van der Waals surface area contributed by atoms with Crippen LogP contribution in [-0.2, 0) is 5.41 Å². The monoisotopic (exact) mass is 1170 g/mol. The fourth-order valence-electron chi connectivity index (χ4n) is 15.2. The molecule has 2 aliphatic rings. The molecule has 0 amide bonds. The van der Waals surface area contributed by atoms with Gasteiger partial charge < -0.3 is 19.4 Å². The molecule has 0 radical (unpaired) electrons. The molecule has 4 nitrogen and oxygen atoms in total. The lowest BCUT2D eigenvalue weighted by molar-refractivity contribution is 0.773. The number of nitrogens with zero attached hydrogens (tertiary/aromatic N) is 3. The van der Waals surface area contributed by atoms with Crippen LogP contribution in [0.3, 0.4) is 0 Å². The molecule has 2 heterocycles. The van der Waals surface area contributed by atoms with Crippen LogP contribution in [-0.4, -0.2) is 9.13 Å². The van der Waals surface area contributed by atoms with Gasteiger partial charge in [-0.15, -0.1) is 12.3 Å². The summed E-state index contributed by atoms with van der Waals surface area (Å²) in [5.41, 5.74) is 22.7. The summed E-state index contributed by atoms with van der Waals surface area (Å²) in [6.45, 7) is 1.65. The van der Waals surface area contributed by atoms with Gasteiger partial charge in [0.25, 0.3) is 0 Å². The van der Waals surface area contributed by atoms with Crippen LogP contribution in [0.25, 0.3) is 110 Å². The van der Waals surface area contributed by atoms with E-state index in [-0.39, 0.29) is 0 Å². The summed E-state index contributed by atoms with van der Waals surface area (Å²) in [6, 6.07) is 122. The maximum absolute atomic E-state index is 4.60. The minimum absolute atomic E-state index is 0.513. The van der Waals surface area contributed by atoms with Crippen molar-refractivity contribution in [3.05, 3.63) is 356 Å². The molecular formula is C88H60N4. The van der Waals surface area contributed by atoms with E-state index >= 15 is 0 Å². The van der Waals surface area contributed by atoms with E-state index in [1.807, 2.05) is 0 Å². The quantitative estimate of drug-likeness (QED) is 0.161. The predicted octanol–water partition coefficient (Wildman–Crippen LogP) is 23.2. The van der Waals surface area contributed by atoms with Crippen molar-refractivity contribution in [3.8, 4) is 46.0 Å². The zero-order valence-corrected chi connectivity index (χ0v) is 50.7. The Hall–Kier alpha value is -12.2. The Morgan fingerprint density at radius 2 is 0.761 bits per heavy atom. The first-order valence-corrected chi connectivity index (χ1v) is 31.5. The summed E-state index contributed by atoms with van der Waals surface area (Å²) in [7, 11) is 0. The van der Waals surface area contributed by atoms with E-state index in [0.717, 1.165) is 34.1 Å². The minimum Gasteiger partial charge on any atom is -0.355 e. The molecule has 1 spiro atoms. The summed E-state index contributed by atoms with van der Waals surface area (Å²) >= 11 is 0. The van der Waals surface area contributed by atoms with Gasteiger partial charge in [0.15, 0.2) is 0 Å². The number of aromatic nitrogens is 2. The molecule has 0 fully saturated rings. The number of nitrogens with one attached hydrogen (secondary N) is 1. The first kappa shape index (κ1) is 54.0. The molecule has 15 aromatic carbocycles. The van der Waals surface area contributed by atoms with Crippen molar-refractivity contribution >= 4 is 104 Å². The Labute approximate surface area is 534 Å². The molecule has 17 aromatic rings. The number of fused-ring (bicyclic) bond motifs is 17. The van der Waals surface area contributed by atoms with Gasteiger partial charge in [-0.2, -0.15) is 0 Å². The molecule has 19 rings (SSSR count). The molecule has 0 aliphatic heterocycles. The highest BCUT2D eigenvalue weighted by atomic mass is 15.1. The van der Waals surface area contributed by atoms with Gasteiger partial charge in [0, 0.05) is 66.4 Å². The van der Waals surface area contributed by atoms with Crippen molar-refractivity contribution in [1.29, 1.82) is 0 Å². The smallest absolute Gasteiger partial charge is 0.0726 e. The zero-order valence-electron chi connectivity index (χ0n) is 50.7. The number of anilines is 5. The second-order valence-corrected chi connectivity index (χ2v) is 23.9. The van der Waals surface area contributed by atoms with Crippen molar-refractivity contribution in [3.63, 3.8) is 0 Å². The van der Waals surface area contributed by atoms with Crippen LogP contribution in [0.5, 0.6) is 0 Å². The van der Waals surface area contributed by atoms with Crippen LogP contribution in [0, 0.1) is 12.3 Å². The lowest BCUT2D eigenvalue weighted by Gasteiger charge is -2.40. The van der Waals surface area contributed by atoms with E-state index < -0.39 is 5.41 Å². The number of benzene rings is 15. The van der Waals surface area contributed by atoms with Gasteiger partial charge in [-0.05, 0) is 158 Å². The Kier molecular flexibility index (Phi) is 13.0. The average Bonchev–Trinajstić information content (AvgIpc) is 1.43. The highest BCUT2D eigenvalue weighted by molar-refractivity contribution is 6.13. The van der Waals surface area contributed by atoms with Gasteiger partial charge in [0.2, 0.25) is 0 Å². The van der Waals surface area contributed by atoms with E-state index in [1.54, 1.807) is 6.92 Å². The summed E-state index contributed by atoms with van der Waals surface area (Å²) in [5, 5.41) is 16.2. The fourth-order valence-corrected chi connectivity index (χ4v) is 15.2. The van der Waals surface area contributed by atoms with Crippen molar-refractivity contribution in [2.45, 2.75) is 12.3 Å². The first-order chi connectivity index (χ1) is 45.6. The predicted molar refractivity (Wildman–Crippen MR) is 389 cm³/mol. The number of hydrogen-bond donors (Lipinski definition) is 1. The minimum atomic E-state index is -0.513. The largest absolute Gasteiger partial charge is 0.355 e. The number of terminal acetylenes is 1. The van der Waals surface area contributed by atoms with E-state index in [4.69, 9.17) is 0 Å². The maximum Gasteiger partial charge on any atom is 0.0726 e. The normalized spacial score (nSPS) is 13.3. The second kappa shape index (κ2) is 22.2. The Morgan fingerprint density at radius 3 is 1.43 bits per heavy atom. The molecule has 2 aromatic heterocycles. The second-order valence-electron chi connectivity index (χ2n) is 23.9. The molecule has 1 atom stereocenters.